The smallest absolute Gasteiger partial charge is 0.0637 e. The Morgan fingerprint density at radius 2 is 2.33 bits per heavy atom. The standard InChI is InChI=1S/C14H21ClN2O/c1-11(12-3-4-12)17(7-8-18-2)14-10-16-6-5-13(14)9-15/h5-6,10-12H,3-4,7-9H2,1-2H3. The van der Waals surface area contributed by atoms with Crippen LogP contribution in [0.5, 0.6) is 0 Å². The van der Waals surface area contributed by atoms with Crippen LogP contribution in [0.2, 0.25) is 0 Å². The van der Waals surface area contributed by atoms with Crippen LogP contribution in [0.1, 0.15) is 25.3 Å². The molecule has 1 atom stereocenters. The van der Waals surface area contributed by atoms with Crippen LogP contribution in [0.25, 0.3) is 0 Å². The van der Waals surface area contributed by atoms with E-state index < -0.39 is 0 Å². The highest BCUT2D eigenvalue weighted by atomic mass is 35.5. The van der Waals surface area contributed by atoms with E-state index in [1.807, 2.05) is 12.3 Å². The number of anilines is 1. The Morgan fingerprint density at radius 3 is 2.94 bits per heavy atom. The first-order valence-electron chi connectivity index (χ1n) is 6.52. The lowest BCUT2D eigenvalue weighted by atomic mass is 10.1. The Labute approximate surface area is 114 Å². The molecular formula is C14H21ClN2O. The van der Waals surface area contributed by atoms with Crippen molar-refractivity contribution in [2.24, 2.45) is 5.92 Å². The zero-order valence-corrected chi connectivity index (χ0v) is 11.9. The summed E-state index contributed by atoms with van der Waals surface area (Å²) in [6, 6.07) is 2.54. The molecule has 0 N–H and O–H groups in total. The molecule has 100 valence electrons. The third kappa shape index (κ3) is 3.15. The fourth-order valence-electron chi connectivity index (χ4n) is 2.35. The molecule has 2 rings (SSSR count). The third-order valence-corrected chi connectivity index (χ3v) is 3.96. The SMILES string of the molecule is COCCN(c1cnccc1CCl)C(C)C1CC1. The van der Waals surface area contributed by atoms with Crippen LogP contribution in [0.3, 0.4) is 0 Å². The second kappa shape index (κ2) is 6.39. The first-order chi connectivity index (χ1) is 8.77. The highest BCUT2D eigenvalue weighted by molar-refractivity contribution is 6.17. The molecule has 0 radical (unpaired) electrons. The van der Waals surface area contributed by atoms with Gasteiger partial charge in [-0.25, -0.2) is 0 Å². The van der Waals surface area contributed by atoms with Gasteiger partial charge in [0.2, 0.25) is 0 Å². The van der Waals surface area contributed by atoms with Crippen molar-refractivity contribution in [1.29, 1.82) is 0 Å². The van der Waals surface area contributed by atoms with Crippen molar-refractivity contribution in [2.45, 2.75) is 31.7 Å². The second-order valence-corrected chi connectivity index (χ2v) is 5.17. The van der Waals surface area contributed by atoms with E-state index in [4.69, 9.17) is 16.3 Å². The monoisotopic (exact) mass is 268 g/mol. The van der Waals surface area contributed by atoms with Crippen molar-refractivity contribution >= 4 is 17.3 Å². The minimum Gasteiger partial charge on any atom is -0.383 e. The molecule has 1 aromatic rings. The molecular weight excluding hydrogens is 248 g/mol. The summed E-state index contributed by atoms with van der Waals surface area (Å²) in [5, 5.41) is 0. The molecule has 3 nitrogen and oxygen atoms in total. The van der Waals surface area contributed by atoms with Gasteiger partial charge in [-0.15, -0.1) is 11.6 Å². The lowest BCUT2D eigenvalue weighted by Crippen LogP contribution is -2.38. The van der Waals surface area contributed by atoms with Crippen LogP contribution in [0.4, 0.5) is 5.69 Å². The molecule has 1 fully saturated rings. The minimum absolute atomic E-state index is 0.527. The molecule has 0 spiro atoms. The Morgan fingerprint density at radius 1 is 1.56 bits per heavy atom. The van der Waals surface area contributed by atoms with E-state index in [1.54, 1.807) is 13.3 Å². The Hall–Kier alpha value is -0.800. The largest absolute Gasteiger partial charge is 0.383 e. The summed E-state index contributed by atoms with van der Waals surface area (Å²) in [7, 11) is 1.74. The average molecular weight is 269 g/mol. The molecule has 1 aliphatic rings. The maximum Gasteiger partial charge on any atom is 0.0637 e. The molecule has 1 aliphatic carbocycles. The summed E-state index contributed by atoms with van der Waals surface area (Å²) in [6.45, 7) is 3.91. The topological polar surface area (TPSA) is 25.4 Å². The maximum absolute atomic E-state index is 6.02. The van der Waals surface area contributed by atoms with Crippen LogP contribution in [0, 0.1) is 5.92 Å². The van der Waals surface area contributed by atoms with Crippen molar-refractivity contribution < 1.29 is 4.74 Å². The first kappa shape index (κ1) is 13.6. The molecule has 1 aromatic heterocycles. The molecule has 0 aromatic carbocycles. The highest BCUT2D eigenvalue weighted by Gasteiger charge is 2.32. The normalized spacial score (nSPS) is 16.6. The third-order valence-electron chi connectivity index (χ3n) is 3.67. The van der Waals surface area contributed by atoms with Gasteiger partial charge in [0.1, 0.15) is 0 Å². The van der Waals surface area contributed by atoms with Crippen LogP contribution in [-0.4, -0.2) is 31.3 Å². The predicted octanol–water partition coefficient (Wildman–Crippen LogP) is 3.07. The van der Waals surface area contributed by atoms with Gasteiger partial charge in [-0.05, 0) is 37.3 Å². The summed E-state index contributed by atoms with van der Waals surface area (Å²) in [5.41, 5.74) is 2.30. The summed E-state index contributed by atoms with van der Waals surface area (Å²) in [5.74, 6) is 1.34. The second-order valence-electron chi connectivity index (χ2n) is 4.90. The molecule has 4 heteroatoms. The van der Waals surface area contributed by atoms with E-state index in [0.717, 1.165) is 30.3 Å². The Bertz CT molecular complexity index is 382. The van der Waals surface area contributed by atoms with E-state index in [-0.39, 0.29) is 0 Å². The summed E-state index contributed by atoms with van der Waals surface area (Å²) in [6.07, 6.45) is 6.39. The summed E-state index contributed by atoms with van der Waals surface area (Å²) < 4.78 is 5.22. The molecule has 1 saturated carbocycles. The molecule has 0 aliphatic heterocycles. The fraction of sp³-hybridized carbons (Fsp3) is 0.643. The Balaban J connectivity index is 2.20. The number of aromatic nitrogens is 1. The average Bonchev–Trinajstić information content (AvgIpc) is 3.23. The lowest BCUT2D eigenvalue weighted by molar-refractivity contribution is 0.202. The Kier molecular flexibility index (Phi) is 4.84. The van der Waals surface area contributed by atoms with E-state index >= 15 is 0 Å². The van der Waals surface area contributed by atoms with E-state index in [1.165, 1.54) is 12.8 Å². The van der Waals surface area contributed by atoms with Gasteiger partial charge in [0.15, 0.2) is 0 Å². The van der Waals surface area contributed by atoms with Crippen molar-refractivity contribution in [3.8, 4) is 0 Å². The molecule has 0 saturated heterocycles. The number of methoxy groups -OCH3 is 1. The molecule has 18 heavy (non-hydrogen) atoms. The number of rotatable bonds is 7. The number of ether oxygens (including phenoxy) is 1. The lowest BCUT2D eigenvalue weighted by Gasteiger charge is -2.32. The van der Waals surface area contributed by atoms with Crippen molar-refractivity contribution in [2.75, 3.05) is 25.2 Å². The molecule has 0 amide bonds. The zero-order chi connectivity index (χ0) is 13.0. The van der Waals surface area contributed by atoms with Crippen LogP contribution < -0.4 is 4.90 Å². The van der Waals surface area contributed by atoms with Crippen molar-refractivity contribution in [3.63, 3.8) is 0 Å². The van der Waals surface area contributed by atoms with E-state index in [2.05, 4.69) is 16.8 Å². The fourth-order valence-corrected chi connectivity index (χ4v) is 2.58. The van der Waals surface area contributed by atoms with Gasteiger partial charge in [0.05, 0.1) is 18.5 Å². The quantitative estimate of drug-likeness (QED) is 0.711. The molecule has 1 heterocycles. The van der Waals surface area contributed by atoms with E-state index in [9.17, 15) is 0 Å². The van der Waals surface area contributed by atoms with Crippen molar-refractivity contribution in [1.82, 2.24) is 4.98 Å². The summed E-state index contributed by atoms with van der Waals surface area (Å²) >= 11 is 6.02. The van der Waals surface area contributed by atoms with Crippen molar-refractivity contribution in [3.05, 3.63) is 24.0 Å². The number of hydrogen-bond acceptors (Lipinski definition) is 3. The number of halogens is 1. The van der Waals surface area contributed by atoms with Gasteiger partial charge in [-0.2, -0.15) is 0 Å². The number of alkyl halides is 1. The van der Waals surface area contributed by atoms with Crippen LogP contribution in [0.15, 0.2) is 18.5 Å². The summed E-state index contributed by atoms with van der Waals surface area (Å²) in [4.78, 5) is 6.64. The number of pyridine rings is 1. The van der Waals surface area contributed by atoms with Gasteiger partial charge in [-0.1, -0.05) is 0 Å². The first-order valence-corrected chi connectivity index (χ1v) is 7.05. The van der Waals surface area contributed by atoms with E-state index in [0.29, 0.717) is 11.9 Å². The molecule has 1 unspecified atom stereocenters. The van der Waals surface area contributed by atoms with Crippen LogP contribution >= 0.6 is 11.6 Å². The predicted molar refractivity (Wildman–Crippen MR) is 75.2 cm³/mol. The van der Waals surface area contributed by atoms with Gasteiger partial charge in [-0.3, -0.25) is 4.98 Å². The van der Waals surface area contributed by atoms with Gasteiger partial charge in [0.25, 0.3) is 0 Å². The molecule has 0 bridgehead atoms. The minimum atomic E-state index is 0.527. The maximum atomic E-state index is 6.02. The van der Waals surface area contributed by atoms with Crippen LogP contribution in [-0.2, 0) is 10.6 Å². The van der Waals surface area contributed by atoms with Gasteiger partial charge < -0.3 is 9.64 Å². The number of hydrogen-bond donors (Lipinski definition) is 0. The highest BCUT2D eigenvalue weighted by Crippen LogP contribution is 2.37. The van der Waals surface area contributed by atoms with Gasteiger partial charge in [0, 0.05) is 31.8 Å². The van der Waals surface area contributed by atoms with Gasteiger partial charge >= 0.3 is 0 Å². The zero-order valence-electron chi connectivity index (χ0n) is 11.1. The number of nitrogens with zero attached hydrogens (tertiary/aromatic N) is 2.